The largest absolute Gasteiger partial charge is 0.462 e. The monoisotopic (exact) mass is 517 g/mol. The van der Waals surface area contributed by atoms with E-state index >= 15 is 0 Å². The van der Waals surface area contributed by atoms with Gasteiger partial charge in [-0.3, -0.25) is 14.5 Å². The van der Waals surface area contributed by atoms with Crippen molar-refractivity contribution in [2.75, 3.05) is 23.9 Å². The van der Waals surface area contributed by atoms with Crippen LogP contribution < -0.4 is 4.90 Å². The third-order valence-electron chi connectivity index (χ3n) is 6.02. The number of esters is 2. The van der Waals surface area contributed by atoms with E-state index < -0.39 is 35.4 Å². The van der Waals surface area contributed by atoms with Gasteiger partial charge in [-0.25, -0.2) is 14.6 Å². The molecule has 0 spiro atoms. The second-order valence-corrected chi connectivity index (χ2v) is 10.9. The lowest BCUT2D eigenvalue weighted by molar-refractivity contribution is -0.155. The summed E-state index contributed by atoms with van der Waals surface area (Å²) in [6.45, 7) is 5.27. The highest BCUT2D eigenvalue weighted by molar-refractivity contribution is 8.01. The molecule has 186 valence electrons. The van der Waals surface area contributed by atoms with E-state index in [-0.39, 0.29) is 19.1 Å². The van der Waals surface area contributed by atoms with Gasteiger partial charge < -0.3 is 14.4 Å². The van der Waals surface area contributed by atoms with Crippen LogP contribution in [0.5, 0.6) is 0 Å². The predicted molar refractivity (Wildman–Crippen MR) is 132 cm³/mol. The van der Waals surface area contributed by atoms with Gasteiger partial charge in [0.2, 0.25) is 5.91 Å². The zero-order valence-electron chi connectivity index (χ0n) is 19.8. The van der Waals surface area contributed by atoms with E-state index in [2.05, 4.69) is 4.98 Å². The summed E-state index contributed by atoms with van der Waals surface area (Å²) in [5.41, 5.74) is 1.31. The van der Waals surface area contributed by atoms with Gasteiger partial charge in [0.05, 0.1) is 23.7 Å². The standard InChI is InChI=1S/C24H27N3O6S2/c1-4-32-22(31)20-15(2)25-23(35-20)26(12-16-8-6-5-7-9-16)19(29)13-33-21(30)17-14-34-24(3)11-10-18(28)27(17)24/h5-9,17H,4,10-14H2,1-3H3/t17-,24+/m0/s1. The topological polar surface area (TPSA) is 106 Å². The number of carbonyl (C=O) groups is 4. The lowest BCUT2D eigenvalue weighted by atomic mass is 10.2. The third kappa shape index (κ3) is 5.20. The van der Waals surface area contributed by atoms with E-state index in [0.717, 1.165) is 16.9 Å². The Balaban J connectivity index is 1.50. The molecule has 0 radical (unpaired) electrons. The van der Waals surface area contributed by atoms with Gasteiger partial charge >= 0.3 is 11.9 Å². The van der Waals surface area contributed by atoms with Gasteiger partial charge in [-0.05, 0) is 32.8 Å². The summed E-state index contributed by atoms with van der Waals surface area (Å²) >= 11 is 2.62. The van der Waals surface area contributed by atoms with Crippen LogP contribution in [-0.2, 0) is 30.4 Å². The first kappa shape index (κ1) is 25.2. The Morgan fingerprint density at radius 2 is 1.97 bits per heavy atom. The number of amides is 2. The van der Waals surface area contributed by atoms with Crippen LogP contribution in [0.25, 0.3) is 0 Å². The minimum atomic E-state index is -0.701. The molecule has 2 aliphatic heterocycles. The van der Waals surface area contributed by atoms with Gasteiger partial charge in [-0.15, -0.1) is 11.8 Å². The third-order valence-corrected chi connectivity index (χ3v) is 8.68. The number of aryl methyl sites for hydroxylation is 1. The van der Waals surface area contributed by atoms with E-state index in [1.54, 1.807) is 30.5 Å². The van der Waals surface area contributed by atoms with Crippen LogP contribution in [0.2, 0.25) is 0 Å². The fourth-order valence-electron chi connectivity index (χ4n) is 4.21. The van der Waals surface area contributed by atoms with Gasteiger partial charge in [-0.2, -0.15) is 0 Å². The first-order valence-electron chi connectivity index (χ1n) is 11.3. The lowest BCUT2D eigenvalue weighted by Crippen LogP contribution is -2.47. The van der Waals surface area contributed by atoms with Gasteiger partial charge in [0.25, 0.3) is 5.91 Å². The van der Waals surface area contributed by atoms with E-state index in [4.69, 9.17) is 9.47 Å². The molecule has 0 aliphatic carbocycles. The first-order chi connectivity index (χ1) is 16.7. The quantitative estimate of drug-likeness (QED) is 0.492. The minimum absolute atomic E-state index is 0.0683. The van der Waals surface area contributed by atoms with Gasteiger partial charge in [-0.1, -0.05) is 41.7 Å². The summed E-state index contributed by atoms with van der Waals surface area (Å²) in [6, 6.07) is 8.63. The summed E-state index contributed by atoms with van der Waals surface area (Å²) in [5.74, 6) is -1.19. The van der Waals surface area contributed by atoms with Crippen molar-refractivity contribution in [1.29, 1.82) is 0 Å². The van der Waals surface area contributed by atoms with Crippen molar-refractivity contribution in [3.63, 3.8) is 0 Å². The van der Waals surface area contributed by atoms with Gasteiger partial charge in [0, 0.05) is 12.2 Å². The Hall–Kier alpha value is -2.92. The number of nitrogens with zero attached hydrogens (tertiary/aromatic N) is 3. The second kappa shape index (κ2) is 10.4. The summed E-state index contributed by atoms with van der Waals surface area (Å²) in [5, 5.41) is 0.314. The number of hydrogen-bond donors (Lipinski definition) is 0. The normalized spacial score (nSPS) is 21.1. The summed E-state index contributed by atoms with van der Waals surface area (Å²) < 4.78 is 10.5. The number of hydrogen-bond acceptors (Lipinski definition) is 9. The zero-order chi connectivity index (χ0) is 25.2. The number of benzene rings is 1. The maximum Gasteiger partial charge on any atom is 0.350 e. The van der Waals surface area contributed by atoms with Crippen molar-refractivity contribution in [2.45, 2.75) is 51.1 Å². The molecule has 4 rings (SSSR count). The van der Waals surface area contributed by atoms with Crippen LogP contribution in [0.15, 0.2) is 30.3 Å². The Morgan fingerprint density at radius 1 is 1.23 bits per heavy atom. The molecule has 2 aliphatic rings. The van der Waals surface area contributed by atoms with Crippen LogP contribution in [-0.4, -0.2) is 63.5 Å². The molecule has 2 fully saturated rings. The molecule has 2 saturated heterocycles. The molecule has 11 heteroatoms. The highest BCUT2D eigenvalue weighted by Gasteiger charge is 2.53. The van der Waals surface area contributed by atoms with E-state index in [1.807, 2.05) is 37.3 Å². The molecule has 0 N–H and O–H groups in total. The first-order valence-corrected chi connectivity index (χ1v) is 13.2. The molecule has 1 aromatic carbocycles. The maximum atomic E-state index is 13.3. The van der Waals surface area contributed by atoms with E-state index in [0.29, 0.717) is 34.3 Å². The van der Waals surface area contributed by atoms with E-state index in [9.17, 15) is 19.2 Å². The van der Waals surface area contributed by atoms with Crippen molar-refractivity contribution in [1.82, 2.24) is 9.88 Å². The van der Waals surface area contributed by atoms with Crippen LogP contribution in [0.4, 0.5) is 5.13 Å². The fraction of sp³-hybridized carbons (Fsp3) is 0.458. The number of anilines is 1. The number of fused-ring (bicyclic) bond motifs is 1. The number of aromatic nitrogens is 1. The molecule has 2 amide bonds. The molecule has 3 heterocycles. The number of thioether (sulfide) groups is 1. The second-order valence-electron chi connectivity index (χ2n) is 8.47. The molecule has 2 atom stereocenters. The molecule has 9 nitrogen and oxygen atoms in total. The average Bonchev–Trinajstić information content (AvgIpc) is 3.49. The van der Waals surface area contributed by atoms with Gasteiger partial charge in [0.1, 0.15) is 10.9 Å². The smallest absolute Gasteiger partial charge is 0.350 e. The van der Waals surface area contributed by atoms with Crippen molar-refractivity contribution in [2.24, 2.45) is 0 Å². The molecule has 1 aromatic heterocycles. The van der Waals surface area contributed by atoms with Gasteiger partial charge in [0.15, 0.2) is 11.7 Å². The minimum Gasteiger partial charge on any atom is -0.462 e. The molecule has 0 bridgehead atoms. The predicted octanol–water partition coefficient (Wildman–Crippen LogP) is 3.16. The van der Waals surface area contributed by atoms with Crippen molar-refractivity contribution in [3.8, 4) is 0 Å². The fourth-order valence-corrected chi connectivity index (χ4v) is 6.61. The molecule has 35 heavy (non-hydrogen) atoms. The molecule has 2 aromatic rings. The molecular formula is C24H27N3O6S2. The molecular weight excluding hydrogens is 490 g/mol. The number of carbonyl (C=O) groups excluding carboxylic acids is 4. The Labute approximate surface area is 211 Å². The summed E-state index contributed by atoms with van der Waals surface area (Å²) in [7, 11) is 0. The highest BCUT2D eigenvalue weighted by atomic mass is 32.2. The Morgan fingerprint density at radius 3 is 2.69 bits per heavy atom. The van der Waals surface area contributed by atoms with Crippen LogP contribution in [0.3, 0.4) is 0 Å². The average molecular weight is 518 g/mol. The maximum absolute atomic E-state index is 13.3. The number of thiazole rings is 1. The van der Waals surface area contributed by atoms with Crippen molar-refractivity contribution >= 4 is 52.0 Å². The SMILES string of the molecule is CCOC(=O)c1sc(N(Cc2ccccc2)C(=O)COC(=O)[C@@H]2CS[C@]3(C)CCC(=O)N23)nc1C. The Kier molecular flexibility index (Phi) is 7.46. The summed E-state index contributed by atoms with van der Waals surface area (Å²) in [6.07, 6.45) is 1.10. The molecule has 0 unspecified atom stereocenters. The van der Waals surface area contributed by atoms with Crippen molar-refractivity contribution in [3.05, 3.63) is 46.5 Å². The van der Waals surface area contributed by atoms with E-state index in [1.165, 1.54) is 4.90 Å². The summed E-state index contributed by atoms with van der Waals surface area (Å²) in [4.78, 5) is 58.0. The van der Waals surface area contributed by atoms with Crippen molar-refractivity contribution < 1.29 is 28.7 Å². The van der Waals surface area contributed by atoms with Crippen LogP contribution >= 0.6 is 23.1 Å². The van der Waals surface area contributed by atoms with Crippen LogP contribution in [0, 0.1) is 6.92 Å². The number of ether oxygens (including phenoxy) is 2. The Bertz CT molecular complexity index is 1140. The zero-order valence-corrected chi connectivity index (χ0v) is 21.4. The molecule has 0 saturated carbocycles. The highest BCUT2D eigenvalue weighted by Crippen LogP contribution is 2.47. The number of rotatable bonds is 8. The lowest BCUT2D eigenvalue weighted by Gasteiger charge is -2.29. The van der Waals surface area contributed by atoms with Crippen LogP contribution in [0.1, 0.15) is 47.6 Å².